The Morgan fingerprint density at radius 2 is 2.04 bits per heavy atom. The largest absolute Gasteiger partial charge is 0.430 e. The first-order chi connectivity index (χ1) is 12.0. The molecule has 0 aromatic heterocycles. The molecule has 0 fully saturated rings. The van der Waals surface area contributed by atoms with Gasteiger partial charge in [-0.3, -0.25) is 9.59 Å². The van der Waals surface area contributed by atoms with Crippen molar-refractivity contribution in [3.63, 3.8) is 0 Å². The number of hydrogen-bond donors (Lipinski definition) is 1. The van der Waals surface area contributed by atoms with Crippen LogP contribution in [0.15, 0.2) is 51.9 Å². The molecule has 1 heterocycles. The lowest BCUT2D eigenvalue weighted by Gasteiger charge is -2.12. The summed E-state index contributed by atoms with van der Waals surface area (Å²) in [7, 11) is 0. The Labute approximate surface area is 158 Å². The number of ether oxygens (including phenoxy) is 1. The van der Waals surface area contributed by atoms with E-state index in [0.29, 0.717) is 27.5 Å². The standard InChI is InChI=1S/C18H14BrClN2O3/c1-2-15(23)25-18-17(24)21-14-8-7-10(19)9-12(14)16(22-18)11-5-3-4-6-13(11)20/h3-9,18H,2H2,1H3,(H,21,24). The molecule has 2 aromatic carbocycles. The highest BCUT2D eigenvalue weighted by molar-refractivity contribution is 9.10. The van der Waals surface area contributed by atoms with E-state index in [1.807, 2.05) is 24.3 Å². The molecule has 0 aliphatic carbocycles. The van der Waals surface area contributed by atoms with E-state index in [1.165, 1.54) is 0 Å². The molecule has 1 atom stereocenters. The molecule has 1 aliphatic heterocycles. The van der Waals surface area contributed by atoms with Crippen molar-refractivity contribution in [2.75, 3.05) is 5.32 Å². The Balaban J connectivity index is 2.19. The Morgan fingerprint density at radius 3 is 2.76 bits per heavy atom. The summed E-state index contributed by atoms with van der Waals surface area (Å²) in [5.41, 5.74) is 2.39. The second-order valence-corrected chi connectivity index (χ2v) is 6.66. The average molecular weight is 422 g/mol. The number of rotatable bonds is 3. The number of carbonyl (C=O) groups excluding carboxylic acids is 2. The van der Waals surface area contributed by atoms with Gasteiger partial charge in [-0.2, -0.15) is 0 Å². The first kappa shape index (κ1) is 17.6. The third kappa shape index (κ3) is 3.75. The molecule has 25 heavy (non-hydrogen) atoms. The average Bonchev–Trinajstić information content (AvgIpc) is 2.72. The van der Waals surface area contributed by atoms with Gasteiger partial charge in [-0.25, -0.2) is 4.99 Å². The summed E-state index contributed by atoms with van der Waals surface area (Å²) >= 11 is 9.76. The van der Waals surface area contributed by atoms with E-state index >= 15 is 0 Å². The Morgan fingerprint density at radius 1 is 1.28 bits per heavy atom. The highest BCUT2D eigenvalue weighted by Crippen LogP contribution is 2.30. The number of anilines is 1. The van der Waals surface area contributed by atoms with Crippen molar-refractivity contribution >= 4 is 50.8 Å². The fraction of sp³-hybridized carbons (Fsp3) is 0.167. The summed E-state index contributed by atoms with van der Waals surface area (Å²) < 4.78 is 6.02. The third-order valence-electron chi connectivity index (χ3n) is 3.63. The van der Waals surface area contributed by atoms with Crippen LogP contribution in [-0.2, 0) is 14.3 Å². The van der Waals surface area contributed by atoms with Crippen molar-refractivity contribution in [3.8, 4) is 0 Å². The molecule has 0 spiro atoms. The molecule has 0 saturated heterocycles. The monoisotopic (exact) mass is 420 g/mol. The first-order valence-electron chi connectivity index (χ1n) is 7.62. The number of benzodiazepines with no additional fused rings is 1. The maximum Gasteiger partial charge on any atom is 0.307 e. The minimum atomic E-state index is -1.27. The van der Waals surface area contributed by atoms with Crippen LogP contribution in [0.3, 0.4) is 0 Å². The number of fused-ring (bicyclic) bond motifs is 1. The van der Waals surface area contributed by atoms with Gasteiger partial charge in [0.05, 0.1) is 11.4 Å². The summed E-state index contributed by atoms with van der Waals surface area (Å²) in [6, 6.07) is 12.6. The minimum absolute atomic E-state index is 0.152. The number of esters is 1. The van der Waals surface area contributed by atoms with Crippen molar-refractivity contribution in [3.05, 3.63) is 63.1 Å². The van der Waals surface area contributed by atoms with E-state index in [1.54, 1.807) is 25.1 Å². The second-order valence-electron chi connectivity index (χ2n) is 5.33. The molecule has 3 rings (SSSR count). The molecule has 2 aromatic rings. The van der Waals surface area contributed by atoms with Crippen LogP contribution in [0, 0.1) is 0 Å². The van der Waals surface area contributed by atoms with Gasteiger partial charge in [-0.15, -0.1) is 0 Å². The minimum Gasteiger partial charge on any atom is -0.430 e. The predicted octanol–water partition coefficient (Wildman–Crippen LogP) is 4.17. The number of carbonyl (C=O) groups is 2. The zero-order valence-corrected chi connectivity index (χ0v) is 15.6. The molecule has 0 radical (unpaired) electrons. The Bertz CT molecular complexity index is 882. The highest BCUT2D eigenvalue weighted by Gasteiger charge is 2.29. The topological polar surface area (TPSA) is 67.8 Å². The predicted molar refractivity (Wildman–Crippen MR) is 100 cm³/mol. The van der Waals surface area contributed by atoms with Crippen LogP contribution in [-0.4, -0.2) is 23.8 Å². The van der Waals surface area contributed by atoms with Crippen molar-refractivity contribution in [2.45, 2.75) is 19.6 Å². The van der Waals surface area contributed by atoms with E-state index in [4.69, 9.17) is 16.3 Å². The lowest BCUT2D eigenvalue weighted by Crippen LogP contribution is -2.30. The Kier molecular flexibility index (Phi) is 5.20. The zero-order valence-electron chi connectivity index (χ0n) is 13.3. The lowest BCUT2D eigenvalue weighted by molar-refractivity contribution is -0.153. The smallest absolute Gasteiger partial charge is 0.307 e. The summed E-state index contributed by atoms with van der Waals surface area (Å²) in [4.78, 5) is 28.5. The summed E-state index contributed by atoms with van der Waals surface area (Å²) in [5.74, 6) is -1.01. The van der Waals surface area contributed by atoms with Gasteiger partial charge in [0, 0.05) is 27.0 Å². The molecular weight excluding hydrogens is 408 g/mol. The second kappa shape index (κ2) is 7.37. The van der Waals surface area contributed by atoms with Crippen LogP contribution in [0.2, 0.25) is 5.02 Å². The Hall–Kier alpha value is -2.18. The van der Waals surface area contributed by atoms with Crippen molar-refractivity contribution in [2.24, 2.45) is 4.99 Å². The lowest BCUT2D eigenvalue weighted by atomic mass is 10.0. The summed E-state index contributed by atoms with van der Waals surface area (Å²) in [6.45, 7) is 1.65. The molecule has 0 bridgehead atoms. The van der Waals surface area contributed by atoms with E-state index in [9.17, 15) is 9.59 Å². The van der Waals surface area contributed by atoms with Crippen LogP contribution < -0.4 is 5.32 Å². The number of aliphatic imine (C=N–C) groups is 1. The van der Waals surface area contributed by atoms with Gasteiger partial charge in [-0.1, -0.05) is 52.7 Å². The molecule has 1 aliphatic rings. The maximum absolute atomic E-state index is 12.4. The molecule has 1 amide bonds. The van der Waals surface area contributed by atoms with Crippen molar-refractivity contribution in [1.82, 2.24) is 0 Å². The van der Waals surface area contributed by atoms with E-state index in [0.717, 1.165) is 4.47 Å². The van der Waals surface area contributed by atoms with Gasteiger partial charge < -0.3 is 10.1 Å². The van der Waals surface area contributed by atoms with Gasteiger partial charge in [0.25, 0.3) is 12.1 Å². The fourth-order valence-electron chi connectivity index (χ4n) is 2.42. The van der Waals surface area contributed by atoms with Gasteiger partial charge in [0.1, 0.15) is 0 Å². The molecule has 0 saturated carbocycles. The molecule has 5 nitrogen and oxygen atoms in total. The van der Waals surface area contributed by atoms with E-state index in [-0.39, 0.29) is 6.42 Å². The number of benzene rings is 2. The quantitative estimate of drug-likeness (QED) is 0.756. The van der Waals surface area contributed by atoms with Crippen LogP contribution >= 0.6 is 27.5 Å². The zero-order chi connectivity index (χ0) is 18.0. The summed E-state index contributed by atoms with van der Waals surface area (Å²) in [6.07, 6.45) is -1.12. The molecule has 1 unspecified atom stereocenters. The van der Waals surface area contributed by atoms with Crippen molar-refractivity contribution < 1.29 is 14.3 Å². The normalized spacial score (nSPS) is 16.4. The van der Waals surface area contributed by atoms with Gasteiger partial charge >= 0.3 is 5.97 Å². The molecule has 1 N–H and O–H groups in total. The number of amides is 1. The molecule has 7 heteroatoms. The van der Waals surface area contributed by atoms with Gasteiger partial charge in [0.2, 0.25) is 0 Å². The fourth-order valence-corrected chi connectivity index (χ4v) is 3.00. The molecular formula is C18H14BrClN2O3. The first-order valence-corrected chi connectivity index (χ1v) is 8.79. The SMILES string of the molecule is CCC(=O)OC1N=C(c2ccccc2Cl)c2cc(Br)ccc2NC1=O. The van der Waals surface area contributed by atoms with Crippen LogP contribution in [0.25, 0.3) is 0 Å². The maximum atomic E-state index is 12.4. The van der Waals surface area contributed by atoms with Crippen LogP contribution in [0.5, 0.6) is 0 Å². The van der Waals surface area contributed by atoms with Crippen LogP contribution in [0.4, 0.5) is 5.69 Å². The molecule has 128 valence electrons. The van der Waals surface area contributed by atoms with Crippen molar-refractivity contribution in [1.29, 1.82) is 0 Å². The van der Waals surface area contributed by atoms with E-state index in [2.05, 4.69) is 26.2 Å². The van der Waals surface area contributed by atoms with Gasteiger partial charge in [-0.05, 0) is 24.3 Å². The highest BCUT2D eigenvalue weighted by atomic mass is 79.9. The number of nitrogens with one attached hydrogen (secondary N) is 1. The van der Waals surface area contributed by atoms with Crippen LogP contribution in [0.1, 0.15) is 24.5 Å². The van der Waals surface area contributed by atoms with E-state index < -0.39 is 18.1 Å². The number of nitrogens with zero attached hydrogens (tertiary/aromatic N) is 1. The number of hydrogen-bond acceptors (Lipinski definition) is 4. The number of halogens is 2. The van der Waals surface area contributed by atoms with Gasteiger partial charge in [0.15, 0.2) is 0 Å². The summed E-state index contributed by atoms with van der Waals surface area (Å²) in [5, 5.41) is 3.24. The third-order valence-corrected chi connectivity index (χ3v) is 4.45.